The van der Waals surface area contributed by atoms with Crippen LogP contribution in [-0.2, 0) is 19.1 Å². The molecule has 420 valence electrons. The predicted molar refractivity (Wildman–Crippen MR) is 287 cm³/mol. The van der Waals surface area contributed by atoms with Gasteiger partial charge in [0.2, 0.25) is 0 Å². The minimum absolute atomic E-state index is 0.109. The zero-order valence-corrected chi connectivity index (χ0v) is 45.0. The van der Waals surface area contributed by atoms with E-state index in [1.165, 1.54) is 110 Å². The molecule has 0 radical (unpaired) electrons. The lowest BCUT2D eigenvalue weighted by Gasteiger charge is -2.14. The van der Waals surface area contributed by atoms with Crippen molar-refractivity contribution in [2.45, 2.75) is 51.9 Å². The summed E-state index contributed by atoms with van der Waals surface area (Å²) >= 11 is 0. The summed E-state index contributed by atoms with van der Waals surface area (Å²) < 4.78 is 8.81. The molecule has 8 rings (SSSR count). The Labute approximate surface area is 464 Å². The number of ether oxygens (including phenoxy) is 2. The van der Waals surface area contributed by atoms with Gasteiger partial charge in [-0.2, -0.15) is 0 Å². The van der Waals surface area contributed by atoms with Crippen molar-refractivity contribution in [3.05, 3.63) is 264 Å². The molecule has 80 heavy (non-hydrogen) atoms. The fraction of sp³-hybridized carbons (Fsp3) is 0.167. The van der Waals surface area contributed by atoms with Gasteiger partial charge in [0.15, 0.2) is 24.2 Å². The molecule has 0 fully saturated rings. The molecule has 8 aromatic rings. The molecule has 20 heteroatoms. The first-order chi connectivity index (χ1) is 38.3. The van der Waals surface area contributed by atoms with E-state index in [1.54, 1.807) is 38.1 Å². The number of carbonyl (C=O) groups is 6. The summed E-state index contributed by atoms with van der Waals surface area (Å²) in [4.78, 5) is 74.2. The average molecular weight is 1090 g/mol. The molecule has 0 bridgehead atoms. The van der Waals surface area contributed by atoms with Crippen LogP contribution in [0.1, 0.15) is 116 Å². The standard InChI is InChI=1S/2C14H16N2.4C6H5NO2.2C4H8O2/c2*15-13(11-7-3-1-4-8-11)14(16)12-9-5-2-6-10-12;4*8-6(9)5-2-1-3-7-4-5;2*1-3-6-4(2)5/h2*1-10,13-14H,15-16H2;4*1-4H,(H,8,9);2*3H2,1-2H3/t2*13-,14-;;;;;;/m11....../s1. The minimum Gasteiger partial charge on any atom is -0.545 e. The summed E-state index contributed by atoms with van der Waals surface area (Å²) in [6.07, 6.45) is 11.0. The van der Waals surface area contributed by atoms with Crippen LogP contribution >= 0.6 is 0 Å². The average Bonchev–Trinajstić information content (AvgIpc) is 3.49. The third kappa shape index (κ3) is 30.6. The maximum Gasteiger partial charge on any atom is 0.302 e. The molecule has 20 nitrogen and oxygen atoms in total. The molecule has 0 spiro atoms. The maximum atomic E-state index is 10.0. The summed E-state index contributed by atoms with van der Waals surface area (Å²) in [5.74, 6) is -5.19. The topological polar surface area (TPSA) is 375 Å². The molecule has 4 aromatic heterocycles. The Morgan fingerprint density at radius 3 is 0.637 bits per heavy atom. The lowest BCUT2D eigenvalue weighted by Crippen LogP contribution is -2.68. The molecule has 4 atom stereocenters. The van der Waals surface area contributed by atoms with E-state index in [0.29, 0.717) is 13.2 Å². The number of hydrogen-bond donors (Lipinski definition) is 4. The van der Waals surface area contributed by atoms with E-state index in [-0.39, 0.29) is 58.4 Å². The van der Waals surface area contributed by atoms with E-state index in [0.717, 1.165) is 0 Å². The number of nitrogens with zero attached hydrogens (tertiary/aromatic N) is 4. The molecule has 0 saturated heterocycles. The highest BCUT2D eigenvalue weighted by Crippen LogP contribution is 2.22. The molecule has 12 N–H and O–H groups in total. The molecule has 0 aliphatic rings. The second-order valence-electron chi connectivity index (χ2n) is 16.0. The molecule has 0 aliphatic heterocycles. The fourth-order valence-electron chi connectivity index (χ4n) is 6.07. The van der Waals surface area contributed by atoms with Crippen LogP contribution in [0.4, 0.5) is 0 Å². The largest absolute Gasteiger partial charge is 0.545 e. The number of benzene rings is 4. The number of aromatic carboxylic acids is 4. The Kier molecular flexibility index (Phi) is 35.2. The van der Waals surface area contributed by atoms with Crippen LogP contribution < -0.4 is 43.4 Å². The van der Waals surface area contributed by atoms with Gasteiger partial charge in [-0.25, -0.2) is 0 Å². The number of pyridine rings is 4. The van der Waals surface area contributed by atoms with Gasteiger partial charge in [0, 0.05) is 108 Å². The van der Waals surface area contributed by atoms with E-state index >= 15 is 0 Å². The van der Waals surface area contributed by atoms with Crippen molar-refractivity contribution in [1.82, 2.24) is 19.9 Å². The van der Waals surface area contributed by atoms with Crippen molar-refractivity contribution in [3.63, 3.8) is 0 Å². The van der Waals surface area contributed by atoms with Gasteiger partial charge in [-0.05, 0) is 38.1 Å². The molecular formula is C60H68N8O12. The van der Waals surface area contributed by atoms with Crippen molar-refractivity contribution in [1.29, 1.82) is 0 Å². The first kappa shape index (κ1) is 68.2. The first-order valence-electron chi connectivity index (χ1n) is 24.6. The molecule has 4 aromatic carbocycles. The van der Waals surface area contributed by atoms with Gasteiger partial charge in [0.1, 0.15) is 0 Å². The van der Waals surface area contributed by atoms with Crippen LogP contribution in [0.25, 0.3) is 0 Å². The monoisotopic (exact) mass is 1090 g/mol. The number of carboxylic acid groups (broad SMARTS) is 4. The van der Waals surface area contributed by atoms with Gasteiger partial charge >= 0.3 is 11.9 Å². The van der Waals surface area contributed by atoms with Gasteiger partial charge in [0.05, 0.1) is 37.1 Å². The van der Waals surface area contributed by atoms with Crippen molar-refractivity contribution in [2.24, 2.45) is 0 Å². The number of esters is 2. The minimum atomic E-state index is -1.19. The number of rotatable bonds is 12. The Bertz CT molecular complexity index is 2540. The van der Waals surface area contributed by atoms with Gasteiger partial charge in [-0.3, -0.25) is 29.5 Å². The lowest BCUT2D eigenvalue weighted by molar-refractivity contribution is -0.540. The van der Waals surface area contributed by atoms with E-state index in [9.17, 15) is 49.2 Å². The second-order valence-corrected chi connectivity index (χ2v) is 16.0. The van der Waals surface area contributed by atoms with Crippen molar-refractivity contribution >= 4 is 35.8 Å². The third-order valence-electron chi connectivity index (χ3n) is 10.2. The quantitative estimate of drug-likeness (QED) is 0.123. The summed E-state index contributed by atoms with van der Waals surface area (Å²) in [7, 11) is 0. The zero-order chi connectivity index (χ0) is 59.5. The molecule has 4 heterocycles. The van der Waals surface area contributed by atoms with Gasteiger partial charge in [0.25, 0.3) is 0 Å². The van der Waals surface area contributed by atoms with Gasteiger partial charge in [-0.15, -0.1) is 0 Å². The highest BCUT2D eigenvalue weighted by Gasteiger charge is 2.24. The normalized spacial score (nSPS) is 10.9. The summed E-state index contributed by atoms with van der Waals surface area (Å²) in [5, 5.41) is 40.2. The smallest absolute Gasteiger partial charge is 0.302 e. The van der Waals surface area contributed by atoms with E-state index in [2.05, 4.69) is 101 Å². The number of quaternary nitrogens is 4. The van der Waals surface area contributed by atoms with Crippen LogP contribution in [0.5, 0.6) is 0 Å². The molecular weight excluding hydrogens is 1020 g/mol. The van der Waals surface area contributed by atoms with E-state index in [4.69, 9.17) is 0 Å². The lowest BCUT2D eigenvalue weighted by atomic mass is 9.95. The number of hydrogen-bond acceptors (Lipinski definition) is 16. The van der Waals surface area contributed by atoms with Crippen LogP contribution in [-0.4, -0.2) is 69.0 Å². The van der Waals surface area contributed by atoms with Crippen LogP contribution in [0, 0.1) is 0 Å². The highest BCUT2D eigenvalue weighted by atomic mass is 16.5. The Morgan fingerprint density at radius 1 is 0.350 bits per heavy atom. The fourth-order valence-corrected chi connectivity index (χ4v) is 6.07. The zero-order valence-electron chi connectivity index (χ0n) is 45.0. The number of carbonyl (C=O) groups excluding carboxylic acids is 6. The van der Waals surface area contributed by atoms with E-state index < -0.39 is 23.9 Å². The molecule has 0 unspecified atom stereocenters. The Morgan fingerprint density at radius 2 is 0.537 bits per heavy atom. The maximum absolute atomic E-state index is 10.0. The summed E-state index contributed by atoms with van der Waals surface area (Å²) in [5.41, 5.74) is 22.3. The number of aromatic nitrogens is 4. The van der Waals surface area contributed by atoms with Gasteiger partial charge < -0.3 is 72.0 Å². The van der Waals surface area contributed by atoms with Crippen molar-refractivity contribution in [3.8, 4) is 0 Å². The molecule has 0 saturated carbocycles. The number of carboxylic acids is 4. The third-order valence-corrected chi connectivity index (χ3v) is 10.2. The van der Waals surface area contributed by atoms with Crippen LogP contribution in [0.15, 0.2) is 219 Å². The molecule has 0 amide bonds. The first-order valence-corrected chi connectivity index (χ1v) is 24.6. The van der Waals surface area contributed by atoms with Gasteiger partial charge in [-0.1, -0.05) is 146 Å². The summed E-state index contributed by atoms with van der Waals surface area (Å²) in [6.45, 7) is 7.31. The van der Waals surface area contributed by atoms with Crippen molar-refractivity contribution < 1.29 is 81.6 Å². The highest BCUT2D eigenvalue weighted by molar-refractivity contribution is 5.86. The van der Waals surface area contributed by atoms with Crippen LogP contribution in [0.3, 0.4) is 0 Å². The SMILES string of the molecule is CCOC(C)=O.CCOC(C)=O.O=C([O-])c1cccnc1.O=C([O-])c1cccnc1.O=C([O-])c1cccnc1.O=C([O-])c1cccnc1.[NH3+][C@H](c1ccccc1)[C@H]([NH3+])c1ccccc1.[NH3+][C@H](c1ccccc1)[C@H]([NH3+])c1ccccc1. The van der Waals surface area contributed by atoms with Crippen molar-refractivity contribution in [2.75, 3.05) is 13.2 Å². The summed E-state index contributed by atoms with van der Waals surface area (Å²) in [6, 6.07) is 54.1. The second kappa shape index (κ2) is 41.3. The molecule has 0 aliphatic carbocycles. The van der Waals surface area contributed by atoms with Crippen LogP contribution in [0.2, 0.25) is 0 Å². The van der Waals surface area contributed by atoms with E-state index in [1.807, 2.05) is 72.8 Å². The predicted octanol–water partition coefficient (Wildman–Crippen LogP) is 0.825. The Hall–Kier alpha value is -9.86. The Balaban J connectivity index is 0.000000469.